The summed E-state index contributed by atoms with van der Waals surface area (Å²) in [6.45, 7) is 4.14. The van der Waals surface area contributed by atoms with Crippen LogP contribution in [0.3, 0.4) is 0 Å². The quantitative estimate of drug-likeness (QED) is 0.183. The Morgan fingerprint density at radius 3 is 2.15 bits per heavy atom. The molecule has 5 rings (SSSR count). The van der Waals surface area contributed by atoms with E-state index in [1.165, 1.54) is 29.8 Å². The van der Waals surface area contributed by atoms with Gasteiger partial charge in [0.25, 0.3) is 17.5 Å². The molecule has 202 valence electrons. The van der Waals surface area contributed by atoms with E-state index < -0.39 is 4.92 Å². The Hall–Kier alpha value is -4.78. The molecule has 4 aromatic carbocycles. The third-order valence-electron chi connectivity index (χ3n) is 7.41. The molecule has 2 amide bonds. The Labute approximate surface area is 233 Å². The summed E-state index contributed by atoms with van der Waals surface area (Å²) in [4.78, 5) is 42.1. The number of carbonyl (C=O) groups is 2. The van der Waals surface area contributed by atoms with Crippen LogP contribution < -0.4 is 9.80 Å². The zero-order valence-electron chi connectivity index (χ0n) is 22.6. The summed E-state index contributed by atoms with van der Waals surface area (Å²) in [5.41, 5.74) is 4.46. The van der Waals surface area contributed by atoms with Crippen LogP contribution in [0.2, 0.25) is 0 Å². The molecule has 1 aliphatic rings. The van der Waals surface area contributed by atoms with E-state index in [0.29, 0.717) is 23.2 Å². The van der Waals surface area contributed by atoms with Crippen molar-refractivity contribution in [2.45, 2.75) is 45.2 Å². The Morgan fingerprint density at radius 2 is 1.50 bits per heavy atom. The van der Waals surface area contributed by atoms with Gasteiger partial charge in [-0.1, -0.05) is 61.9 Å². The van der Waals surface area contributed by atoms with Gasteiger partial charge in [-0.2, -0.15) is 0 Å². The molecule has 0 aliphatic carbocycles. The molecule has 0 aromatic heterocycles. The first-order valence-electron chi connectivity index (χ1n) is 13.5. The Morgan fingerprint density at radius 1 is 0.875 bits per heavy atom. The van der Waals surface area contributed by atoms with Crippen LogP contribution in [0.25, 0.3) is 0 Å². The summed E-state index contributed by atoms with van der Waals surface area (Å²) >= 11 is 0. The minimum absolute atomic E-state index is 0.0728. The van der Waals surface area contributed by atoms with Gasteiger partial charge in [-0.3, -0.25) is 19.7 Å². The maximum absolute atomic E-state index is 14.0. The number of nitrogens with zero attached hydrogens (tertiary/aromatic N) is 3. The number of benzene rings is 4. The minimum atomic E-state index is -0.481. The number of fused-ring (bicyclic) bond motifs is 1. The minimum Gasteiger partial charge on any atom is -0.305 e. The fourth-order valence-corrected chi connectivity index (χ4v) is 5.47. The number of hydrogen-bond donors (Lipinski definition) is 0. The topological polar surface area (TPSA) is 83.8 Å². The van der Waals surface area contributed by atoms with E-state index in [9.17, 15) is 19.7 Å². The van der Waals surface area contributed by atoms with Crippen LogP contribution in [0.1, 0.15) is 64.6 Å². The van der Waals surface area contributed by atoms with Gasteiger partial charge in [-0.15, -0.1) is 0 Å². The first kappa shape index (κ1) is 26.8. The SMILES string of the molecule is CCCc1ccc(C(=O)N2c3ccccc3[C@@H](N(C(=O)c3ccc([N+](=O)[O-])cc3)c3ccccc3)C[C@H]2C)cc1. The van der Waals surface area contributed by atoms with Gasteiger partial charge in [0, 0.05) is 40.7 Å². The average Bonchev–Trinajstić information content (AvgIpc) is 2.98. The molecule has 2 atom stereocenters. The molecular weight excluding hydrogens is 502 g/mol. The van der Waals surface area contributed by atoms with E-state index in [2.05, 4.69) is 6.92 Å². The molecule has 1 heterocycles. The molecule has 4 aromatic rings. The maximum Gasteiger partial charge on any atom is 0.269 e. The fourth-order valence-electron chi connectivity index (χ4n) is 5.47. The predicted molar refractivity (Wildman–Crippen MR) is 157 cm³/mol. The number of para-hydroxylation sites is 2. The lowest BCUT2D eigenvalue weighted by Gasteiger charge is -2.43. The van der Waals surface area contributed by atoms with Crippen LogP contribution in [0.4, 0.5) is 17.1 Å². The molecule has 7 heteroatoms. The highest BCUT2D eigenvalue weighted by molar-refractivity contribution is 6.09. The number of nitro benzene ring substituents is 1. The van der Waals surface area contributed by atoms with Crippen LogP contribution >= 0.6 is 0 Å². The summed E-state index contributed by atoms with van der Waals surface area (Å²) in [6.07, 6.45) is 2.53. The first-order valence-corrected chi connectivity index (χ1v) is 13.5. The van der Waals surface area contributed by atoms with Crippen molar-refractivity contribution in [3.63, 3.8) is 0 Å². The summed E-state index contributed by atoms with van der Waals surface area (Å²) in [5, 5.41) is 11.2. The second-order valence-electron chi connectivity index (χ2n) is 10.1. The van der Waals surface area contributed by atoms with Crippen molar-refractivity contribution in [3.05, 3.63) is 135 Å². The smallest absolute Gasteiger partial charge is 0.269 e. The standard InChI is InChI=1S/C33H31N3O4/c1-3-9-24-14-16-25(17-15-24)32(37)34-23(2)22-31(29-12-7-8-13-30(29)34)35(27-10-5-4-6-11-27)33(38)26-18-20-28(21-19-26)36(39)40/h4-8,10-21,23,31H,3,9,22H2,1-2H3/t23-,31+/m1/s1. The average molecular weight is 534 g/mol. The maximum atomic E-state index is 14.0. The fraction of sp³-hybridized carbons (Fsp3) is 0.212. The number of amides is 2. The van der Waals surface area contributed by atoms with Crippen LogP contribution in [0, 0.1) is 10.1 Å². The second kappa shape index (κ2) is 11.5. The monoisotopic (exact) mass is 533 g/mol. The highest BCUT2D eigenvalue weighted by Gasteiger charge is 2.39. The molecule has 0 saturated carbocycles. The van der Waals surface area contributed by atoms with Gasteiger partial charge in [0.2, 0.25) is 0 Å². The van der Waals surface area contributed by atoms with Gasteiger partial charge in [-0.25, -0.2) is 0 Å². The Balaban J connectivity index is 1.55. The van der Waals surface area contributed by atoms with Crippen molar-refractivity contribution >= 4 is 28.9 Å². The zero-order chi connectivity index (χ0) is 28.2. The van der Waals surface area contributed by atoms with E-state index in [1.54, 1.807) is 4.90 Å². The summed E-state index contributed by atoms with van der Waals surface area (Å²) in [6, 6.07) is 30.1. The molecule has 0 saturated heterocycles. The summed E-state index contributed by atoms with van der Waals surface area (Å²) < 4.78 is 0. The van der Waals surface area contributed by atoms with Crippen molar-refractivity contribution in [1.29, 1.82) is 0 Å². The van der Waals surface area contributed by atoms with Crippen molar-refractivity contribution in [2.24, 2.45) is 0 Å². The van der Waals surface area contributed by atoms with Crippen molar-refractivity contribution in [1.82, 2.24) is 0 Å². The lowest BCUT2D eigenvalue weighted by Crippen LogP contribution is -2.47. The highest BCUT2D eigenvalue weighted by atomic mass is 16.6. The lowest BCUT2D eigenvalue weighted by molar-refractivity contribution is -0.384. The summed E-state index contributed by atoms with van der Waals surface area (Å²) in [7, 11) is 0. The number of anilines is 2. The largest absolute Gasteiger partial charge is 0.305 e. The van der Waals surface area contributed by atoms with Gasteiger partial charge < -0.3 is 9.80 Å². The first-order chi connectivity index (χ1) is 19.4. The molecule has 0 bridgehead atoms. The Kier molecular flexibility index (Phi) is 7.73. The van der Waals surface area contributed by atoms with Crippen molar-refractivity contribution in [3.8, 4) is 0 Å². The van der Waals surface area contributed by atoms with Gasteiger partial charge in [-0.05, 0) is 73.4 Å². The lowest BCUT2D eigenvalue weighted by atomic mass is 9.89. The van der Waals surface area contributed by atoms with Gasteiger partial charge in [0.15, 0.2) is 0 Å². The van der Waals surface area contributed by atoms with Crippen LogP contribution in [-0.2, 0) is 6.42 Å². The van der Waals surface area contributed by atoms with Gasteiger partial charge in [0.1, 0.15) is 0 Å². The van der Waals surface area contributed by atoms with E-state index in [4.69, 9.17) is 0 Å². The molecule has 7 nitrogen and oxygen atoms in total. The zero-order valence-corrected chi connectivity index (χ0v) is 22.6. The number of rotatable bonds is 7. The van der Waals surface area contributed by atoms with Crippen LogP contribution in [-0.4, -0.2) is 22.8 Å². The molecule has 40 heavy (non-hydrogen) atoms. The van der Waals surface area contributed by atoms with E-state index in [0.717, 1.165) is 24.1 Å². The van der Waals surface area contributed by atoms with E-state index in [-0.39, 0.29) is 29.6 Å². The molecule has 1 aliphatic heterocycles. The second-order valence-corrected chi connectivity index (χ2v) is 10.1. The normalized spacial score (nSPS) is 16.2. The molecule has 0 N–H and O–H groups in total. The number of aryl methyl sites for hydroxylation is 1. The van der Waals surface area contributed by atoms with Gasteiger partial charge >= 0.3 is 0 Å². The number of hydrogen-bond acceptors (Lipinski definition) is 4. The Bertz CT molecular complexity index is 1520. The number of non-ortho nitro benzene ring substituents is 1. The van der Waals surface area contributed by atoms with E-state index >= 15 is 0 Å². The molecule has 0 fully saturated rings. The number of nitro groups is 1. The molecule has 0 radical (unpaired) electrons. The van der Waals surface area contributed by atoms with Crippen LogP contribution in [0.5, 0.6) is 0 Å². The third kappa shape index (κ3) is 5.23. The third-order valence-corrected chi connectivity index (χ3v) is 7.41. The summed E-state index contributed by atoms with van der Waals surface area (Å²) in [5.74, 6) is -0.339. The van der Waals surface area contributed by atoms with Crippen molar-refractivity contribution in [2.75, 3.05) is 9.80 Å². The highest BCUT2D eigenvalue weighted by Crippen LogP contribution is 2.43. The van der Waals surface area contributed by atoms with Gasteiger partial charge in [0.05, 0.1) is 11.0 Å². The molecule has 0 spiro atoms. The van der Waals surface area contributed by atoms with Crippen molar-refractivity contribution < 1.29 is 14.5 Å². The number of carbonyl (C=O) groups excluding carboxylic acids is 2. The predicted octanol–water partition coefficient (Wildman–Crippen LogP) is 7.37. The molecule has 0 unspecified atom stereocenters. The van der Waals surface area contributed by atoms with Crippen LogP contribution in [0.15, 0.2) is 103 Å². The van der Waals surface area contributed by atoms with E-state index in [1.807, 2.05) is 90.7 Å². The molecular formula is C33H31N3O4.